The molecule has 0 radical (unpaired) electrons. The minimum Gasteiger partial charge on any atom is -0.493 e. The lowest BCUT2D eigenvalue weighted by Crippen LogP contribution is -2.44. The normalized spacial score (nSPS) is 15.2. The molecule has 1 N–H and O–H groups in total. The van der Waals surface area contributed by atoms with E-state index in [0.717, 1.165) is 19.2 Å². The predicted molar refractivity (Wildman–Crippen MR) is 111 cm³/mol. The topological polar surface area (TPSA) is 44.8 Å². The fourth-order valence-corrected chi connectivity index (χ4v) is 3.27. The number of halogens is 4. The summed E-state index contributed by atoms with van der Waals surface area (Å²) in [6.45, 7) is 2.91. The van der Waals surface area contributed by atoms with E-state index in [1.54, 1.807) is 30.3 Å². The molecule has 30 heavy (non-hydrogen) atoms. The van der Waals surface area contributed by atoms with Crippen LogP contribution < -0.4 is 15.0 Å². The first-order valence-electron chi connectivity index (χ1n) is 9.55. The van der Waals surface area contributed by atoms with Gasteiger partial charge in [-0.3, -0.25) is 4.79 Å². The van der Waals surface area contributed by atoms with Crippen molar-refractivity contribution in [1.82, 2.24) is 4.90 Å². The molecule has 3 rings (SSSR count). The van der Waals surface area contributed by atoms with Crippen LogP contribution in [0, 0.1) is 0 Å². The molecule has 1 saturated heterocycles. The lowest BCUT2D eigenvalue weighted by Gasteiger charge is -2.34. The fraction of sp³-hybridized carbons (Fsp3) is 0.381. The lowest BCUT2D eigenvalue weighted by molar-refractivity contribution is -0.136. The second-order valence-corrected chi connectivity index (χ2v) is 7.55. The summed E-state index contributed by atoms with van der Waals surface area (Å²) in [5, 5.41) is 2.92. The van der Waals surface area contributed by atoms with Crippen molar-refractivity contribution in [1.29, 1.82) is 0 Å². The molecule has 0 aliphatic carbocycles. The van der Waals surface area contributed by atoms with Crippen molar-refractivity contribution in [2.24, 2.45) is 0 Å². The second-order valence-electron chi connectivity index (χ2n) is 7.12. The van der Waals surface area contributed by atoms with Gasteiger partial charge in [-0.15, -0.1) is 0 Å². The van der Waals surface area contributed by atoms with Crippen LogP contribution in [-0.2, 0) is 11.0 Å². The zero-order valence-electron chi connectivity index (χ0n) is 16.5. The molecule has 5 nitrogen and oxygen atoms in total. The Kier molecular flexibility index (Phi) is 7.10. The summed E-state index contributed by atoms with van der Waals surface area (Å²) in [6, 6.07) is 10.6. The fourth-order valence-electron chi connectivity index (χ4n) is 3.14. The van der Waals surface area contributed by atoms with Gasteiger partial charge in [-0.25, -0.2) is 0 Å². The average molecular weight is 442 g/mol. The number of likely N-dealkylation sites (N-methyl/N-ethyl adjacent to an activating group) is 1. The summed E-state index contributed by atoms with van der Waals surface area (Å²) in [7, 11) is 1.98. The maximum Gasteiger partial charge on any atom is 0.418 e. The van der Waals surface area contributed by atoms with Gasteiger partial charge in [-0.1, -0.05) is 11.6 Å². The van der Waals surface area contributed by atoms with Gasteiger partial charge < -0.3 is 19.9 Å². The van der Waals surface area contributed by atoms with Crippen LogP contribution in [0.25, 0.3) is 0 Å². The molecule has 1 fully saturated rings. The lowest BCUT2D eigenvalue weighted by atomic mass is 10.1. The Balaban J connectivity index is 1.63. The minimum absolute atomic E-state index is 0.0359. The number of amides is 1. The van der Waals surface area contributed by atoms with Crippen LogP contribution in [0.2, 0.25) is 5.02 Å². The number of rotatable bonds is 6. The van der Waals surface area contributed by atoms with Crippen molar-refractivity contribution in [3.63, 3.8) is 0 Å². The van der Waals surface area contributed by atoms with E-state index in [1.165, 1.54) is 6.07 Å². The molecule has 2 aromatic rings. The molecule has 0 atom stereocenters. The van der Waals surface area contributed by atoms with Gasteiger partial charge in [0, 0.05) is 36.9 Å². The third kappa shape index (κ3) is 6.03. The summed E-state index contributed by atoms with van der Waals surface area (Å²) in [4.78, 5) is 16.2. The number of ether oxygens (including phenoxy) is 1. The summed E-state index contributed by atoms with van der Waals surface area (Å²) in [5.74, 6) is -0.0264. The Morgan fingerprint density at radius 3 is 2.40 bits per heavy atom. The van der Waals surface area contributed by atoms with Gasteiger partial charge in [0.25, 0.3) is 0 Å². The number of benzene rings is 2. The third-order valence-electron chi connectivity index (χ3n) is 4.86. The van der Waals surface area contributed by atoms with Gasteiger partial charge in [0.15, 0.2) is 0 Å². The van der Waals surface area contributed by atoms with Crippen molar-refractivity contribution in [3.05, 3.63) is 53.1 Å². The summed E-state index contributed by atoms with van der Waals surface area (Å²) in [6.07, 6.45) is -4.66. The third-order valence-corrected chi connectivity index (χ3v) is 5.11. The minimum atomic E-state index is -4.58. The predicted octanol–water partition coefficient (Wildman–Crippen LogP) is 4.52. The van der Waals surface area contributed by atoms with Crippen LogP contribution in [0.1, 0.15) is 12.0 Å². The number of alkyl halides is 3. The summed E-state index contributed by atoms with van der Waals surface area (Å²) >= 11 is 5.79. The molecule has 0 unspecified atom stereocenters. The number of carbonyl (C=O) groups is 1. The molecule has 0 spiro atoms. The number of hydrogen-bond donors (Lipinski definition) is 1. The Morgan fingerprint density at radius 2 is 1.77 bits per heavy atom. The number of anilines is 2. The van der Waals surface area contributed by atoms with Crippen molar-refractivity contribution in [2.75, 3.05) is 50.1 Å². The first-order chi connectivity index (χ1) is 14.2. The molecule has 1 aliphatic rings. The van der Waals surface area contributed by atoms with E-state index in [9.17, 15) is 18.0 Å². The largest absolute Gasteiger partial charge is 0.493 e. The molecule has 162 valence electrons. The van der Waals surface area contributed by atoms with Crippen LogP contribution in [0.4, 0.5) is 24.5 Å². The first-order valence-corrected chi connectivity index (χ1v) is 9.93. The van der Waals surface area contributed by atoms with Crippen molar-refractivity contribution >= 4 is 28.9 Å². The highest BCUT2D eigenvalue weighted by molar-refractivity contribution is 6.30. The molecule has 0 saturated carbocycles. The van der Waals surface area contributed by atoms with Crippen LogP contribution >= 0.6 is 11.6 Å². The average Bonchev–Trinajstić information content (AvgIpc) is 2.70. The maximum absolute atomic E-state index is 13.6. The molecule has 1 amide bonds. The smallest absolute Gasteiger partial charge is 0.418 e. The highest BCUT2D eigenvalue weighted by Gasteiger charge is 2.35. The van der Waals surface area contributed by atoms with Gasteiger partial charge in [0.1, 0.15) is 5.75 Å². The Bertz CT molecular complexity index is 867. The molecule has 1 heterocycles. The van der Waals surface area contributed by atoms with E-state index in [-0.39, 0.29) is 18.7 Å². The van der Waals surface area contributed by atoms with Crippen molar-refractivity contribution < 1.29 is 22.7 Å². The first kappa shape index (κ1) is 22.2. The molecular formula is C21H23ClF3N3O2. The van der Waals surface area contributed by atoms with Crippen LogP contribution in [0.5, 0.6) is 5.75 Å². The molecule has 2 aromatic carbocycles. The second kappa shape index (κ2) is 9.57. The van der Waals surface area contributed by atoms with Crippen LogP contribution in [0.15, 0.2) is 42.5 Å². The Hall–Kier alpha value is -2.45. The summed E-state index contributed by atoms with van der Waals surface area (Å²) < 4.78 is 46.2. The Labute approximate surface area is 178 Å². The Morgan fingerprint density at radius 1 is 1.10 bits per heavy atom. The van der Waals surface area contributed by atoms with E-state index in [4.69, 9.17) is 16.3 Å². The number of nitrogens with one attached hydrogen (secondary N) is 1. The van der Waals surface area contributed by atoms with Gasteiger partial charge in [0.2, 0.25) is 5.91 Å². The number of carbonyl (C=O) groups excluding carboxylic acids is 1. The maximum atomic E-state index is 13.6. The van der Waals surface area contributed by atoms with Crippen LogP contribution in [0.3, 0.4) is 0 Å². The highest BCUT2D eigenvalue weighted by Crippen LogP contribution is 2.37. The van der Waals surface area contributed by atoms with E-state index >= 15 is 0 Å². The quantitative estimate of drug-likeness (QED) is 0.716. The number of nitrogens with zero attached hydrogens (tertiary/aromatic N) is 2. The van der Waals surface area contributed by atoms with E-state index in [1.807, 2.05) is 11.9 Å². The number of hydrogen-bond acceptors (Lipinski definition) is 4. The SMILES string of the molecule is CN1CCN(c2ccc(NC(=O)CCOc3ccc(Cl)cc3)c(C(F)(F)F)c2)CC1. The molecule has 1 aliphatic heterocycles. The summed E-state index contributed by atoms with van der Waals surface area (Å²) in [5.41, 5.74) is -0.609. The van der Waals surface area contributed by atoms with Crippen molar-refractivity contribution in [3.8, 4) is 5.75 Å². The zero-order chi connectivity index (χ0) is 21.7. The molecule has 0 bridgehead atoms. The molecular weight excluding hydrogens is 419 g/mol. The number of piperazine rings is 1. The zero-order valence-corrected chi connectivity index (χ0v) is 17.3. The van der Waals surface area contributed by atoms with Gasteiger partial charge in [-0.05, 0) is 49.5 Å². The molecule has 9 heteroatoms. The van der Waals surface area contributed by atoms with Gasteiger partial charge >= 0.3 is 6.18 Å². The van der Waals surface area contributed by atoms with E-state index in [0.29, 0.717) is 29.5 Å². The van der Waals surface area contributed by atoms with E-state index < -0.39 is 17.6 Å². The van der Waals surface area contributed by atoms with E-state index in [2.05, 4.69) is 10.2 Å². The standard InChI is InChI=1S/C21H23ClF3N3O2/c1-27-9-11-28(12-10-27)16-4-7-19(18(14-16)21(23,24)25)26-20(29)8-13-30-17-5-2-15(22)3-6-17/h2-7,14H,8-13H2,1H3,(H,26,29). The van der Waals surface area contributed by atoms with Crippen molar-refractivity contribution in [2.45, 2.75) is 12.6 Å². The highest BCUT2D eigenvalue weighted by atomic mass is 35.5. The van der Waals surface area contributed by atoms with Crippen LogP contribution in [-0.4, -0.2) is 50.6 Å². The molecule has 0 aromatic heterocycles. The van der Waals surface area contributed by atoms with Gasteiger partial charge in [-0.2, -0.15) is 13.2 Å². The van der Waals surface area contributed by atoms with Gasteiger partial charge in [0.05, 0.1) is 24.3 Å². The monoisotopic (exact) mass is 441 g/mol.